The van der Waals surface area contributed by atoms with Crippen LogP contribution in [0.1, 0.15) is 20.8 Å². The van der Waals surface area contributed by atoms with Crippen molar-refractivity contribution in [1.29, 1.82) is 0 Å². The number of hydrogen-bond donors (Lipinski definition) is 0. The summed E-state index contributed by atoms with van der Waals surface area (Å²) in [6.45, 7) is 7.79. The summed E-state index contributed by atoms with van der Waals surface area (Å²) in [5.74, 6) is 2.16. The first-order valence-corrected chi connectivity index (χ1v) is 9.26. The standard InChI is InChI=1S/C7H18GeO2/c1-5-8(4,9-6-2)10-7-3/h5-7H2,1-4H3. The van der Waals surface area contributed by atoms with E-state index in [0.717, 1.165) is 18.5 Å². The molecule has 0 aromatic carbocycles. The van der Waals surface area contributed by atoms with E-state index < -0.39 is 13.9 Å². The average Bonchev–Trinajstić information content (AvgIpc) is 1.89. The van der Waals surface area contributed by atoms with Gasteiger partial charge in [0.2, 0.25) is 0 Å². The van der Waals surface area contributed by atoms with Crippen molar-refractivity contribution in [1.82, 2.24) is 0 Å². The molecule has 0 amide bonds. The molecule has 0 bridgehead atoms. The predicted octanol–water partition coefficient (Wildman–Crippen LogP) is 2.15. The molecule has 3 heteroatoms. The molecule has 62 valence electrons. The summed E-state index contributed by atoms with van der Waals surface area (Å²) in [6.07, 6.45) is 0. The Morgan fingerprint density at radius 2 is 1.40 bits per heavy atom. The third-order valence-electron chi connectivity index (χ3n) is 1.54. The summed E-state index contributed by atoms with van der Waals surface area (Å²) < 4.78 is 11.2. The zero-order valence-corrected chi connectivity index (χ0v) is 9.54. The van der Waals surface area contributed by atoms with Gasteiger partial charge in [-0.3, -0.25) is 0 Å². The molecule has 0 spiro atoms. The molecule has 0 atom stereocenters. The van der Waals surface area contributed by atoms with Gasteiger partial charge in [-0.1, -0.05) is 0 Å². The van der Waals surface area contributed by atoms with Crippen molar-refractivity contribution in [3.8, 4) is 0 Å². The Balaban J connectivity index is 3.69. The van der Waals surface area contributed by atoms with Gasteiger partial charge in [-0.15, -0.1) is 0 Å². The molecule has 2 nitrogen and oxygen atoms in total. The number of rotatable bonds is 5. The molecular weight excluding hydrogens is 189 g/mol. The molecule has 0 fully saturated rings. The van der Waals surface area contributed by atoms with Crippen molar-refractivity contribution in [2.45, 2.75) is 31.8 Å². The van der Waals surface area contributed by atoms with Crippen LogP contribution >= 0.6 is 0 Å². The minimum absolute atomic E-state index is 0.796. The quantitative estimate of drug-likeness (QED) is 0.642. The maximum absolute atomic E-state index is 5.58. The summed E-state index contributed by atoms with van der Waals surface area (Å²) >= 11 is -2.20. The Kier molecular flexibility index (Phi) is 5.40. The summed E-state index contributed by atoms with van der Waals surface area (Å²) in [4.78, 5) is 0. The molecule has 0 aliphatic rings. The fourth-order valence-electron chi connectivity index (χ4n) is 0.856. The van der Waals surface area contributed by atoms with Gasteiger partial charge in [0.15, 0.2) is 0 Å². The second-order valence-electron chi connectivity index (χ2n) is 2.35. The van der Waals surface area contributed by atoms with Crippen LogP contribution in [-0.2, 0) is 7.53 Å². The summed E-state index contributed by atoms with van der Waals surface area (Å²) in [5.41, 5.74) is 0. The zero-order valence-electron chi connectivity index (χ0n) is 7.44. The van der Waals surface area contributed by atoms with Crippen molar-refractivity contribution in [2.75, 3.05) is 13.2 Å². The van der Waals surface area contributed by atoms with E-state index in [1.54, 1.807) is 0 Å². The van der Waals surface area contributed by atoms with Gasteiger partial charge in [0.1, 0.15) is 0 Å². The molecular formula is C7H18GeO2. The first-order chi connectivity index (χ1) is 4.68. The van der Waals surface area contributed by atoms with E-state index >= 15 is 0 Å². The Bertz CT molecular complexity index is 79.7. The van der Waals surface area contributed by atoms with Gasteiger partial charge >= 0.3 is 66.5 Å². The van der Waals surface area contributed by atoms with E-state index in [1.165, 1.54) is 0 Å². The molecule has 0 unspecified atom stereocenters. The molecule has 0 heterocycles. The van der Waals surface area contributed by atoms with E-state index in [9.17, 15) is 0 Å². The van der Waals surface area contributed by atoms with E-state index in [0.29, 0.717) is 0 Å². The van der Waals surface area contributed by atoms with E-state index in [1.807, 2.05) is 13.8 Å². The molecule has 0 N–H and O–H groups in total. The van der Waals surface area contributed by atoms with Crippen LogP contribution in [0.3, 0.4) is 0 Å². The average molecular weight is 207 g/mol. The minimum atomic E-state index is -2.20. The summed E-state index contributed by atoms with van der Waals surface area (Å²) in [6, 6.07) is 0. The van der Waals surface area contributed by atoms with E-state index in [4.69, 9.17) is 7.53 Å². The van der Waals surface area contributed by atoms with Crippen LogP contribution in [-0.4, -0.2) is 27.2 Å². The fourth-order valence-corrected chi connectivity index (χ4v) is 4.45. The molecule has 10 heavy (non-hydrogen) atoms. The van der Waals surface area contributed by atoms with Crippen molar-refractivity contribution in [3.63, 3.8) is 0 Å². The summed E-state index contributed by atoms with van der Waals surface area (Å²) in [7, 11) is 0. The van der Waals surface area contributed by atoms with Crippen LogP contribution in [0.2, 0.25) is 11.0 Å². The molecule has 0 aromatic rings. The zero-order chi connectivity index (χ0) is 8.04. The summed E-state index contributed by atoms with van der Waals surface area (Å²) in [5, 5.41) is 1.08. The predicted molar refractivity (Wildman–Crippen MR) is 45.4 cm³/mol. The van der Waals surface area contributed by atoms with Gasteiger partial charge in [-0.2, -0.15) is 0 Å². The normalized spacial score (nSPS) is 12.0. The van der Waals surface area contributed by atoms with Crippen LogP contribution in [0.25, 0.3) is 0 Å². The van der Waals surface area contributed by atoms with Crippen molar-refractivity contribution >= 4 is 13.9 Å². The van der Waals surface area contributed by atoms with E-state index in [2.05, 4.69) is 12.7 Å². The van der Waals surface area contributed by atoms with Crippen LogP contribution < -0.4 is 0 Å². The van der Waals surface area contributed by atoms with Crippen molar-refractivity contribution < 1.29 is 7.53 Å². The van der Waals surface area contributed by atoms with Crippen LogP contribution in [0, 0.1) is 0 Å². The van der Waals surface area contributed by atoms with E-state index in [-0.39, 0.29) is 0 Å². The van der Waals surface area contributed by atoms with Gasteiger partial charge in [0.05, 0.1) is 0 Å². The molecule has 0 saturated carbocycles. The molecule has 0 rings (SSSR count). The molecule has 0 aliphatic heterocycles. The molecule has 0 saturated heterocycles. The van der Waals surface area contributed by atoms with Gasteiger partial charge in [-0.25, -0.2) is 0 Å². The first kappa shape index (κ1) is 10.5. The Hall–Kier alpha value is 0.463. The molecule has 0 radical (unpaired) electrons. The van der Waals surface area contributed by atoms with Crippen molar-refractivity contribution in [3.05, 3.63) is 0 Å². The molecule has 0 aromatic heterocycles. The van der Waals surface area contributed by atoms with Crippen LogP contribution in [0.5, 0.6) is 0 Å². The number of hydrogen-bond acceptors (Lipinski definition) is 2. The SMILES string of the molecule is CC[O][Ge]([CH3])([CH2]C)[O]CC. The van der Waals surface area contributed by atoms with Gasteiger partial charge in [0.25, 0.3) is 0 Å². The topological polar surface area (TPSA) is 18.5 Å². The first-order valence-electron chi connectivity index (χ1n) is 3.96. The second kappa shape index (κ2) is 5.16. The van der Waals surface area contributed by atoms with Crippen LogP contribution in [0.4, 0.5) is 0 Å². The Morgan fingerprint density at radius 3 is 1.60 bits per heavy atom. The second-order valence-corrected chi connectivity index (χ2v) is 9.81. The third kappa shape index (κ3) is 3.59. The fraction of sp³-hybridized carbons (Fsp3) is 1.00. The van der Waals surface area contributed by atoms with Crippen molar-refractivity contribution in [2.24, 2.45) is 0 Å². The molecule has 0 aliphatic carbocycles. The van der Waals surface area contributed by atoms with Gasteiger partial charge < -0.3 is 0 Å². The Labute approximate surface area is 66.9 Å². The van der Waals surface area contributed by atoms with Gasteiger partial charge in [-0.05, 0) is 0 Å². The van der Waals surface area contributed by atoms with Gasteiger partial charge in [0, 0.05) is 0 Å². The third-order valence-corrected chi connectivity index (χ3v) is 8.01. The Morgan fingerprint density at radius 1 is 1.00 bits per heavy atom. The monoisotopic (exact) mass is 208 g/mol. The van der Waals surface area contributed by atoms with Crippen LogP contribution in [0.15, 0.2) is 0 Å². The maximum atomic E-state index is 5.58.